The maximum atomic E-state index is 12.5. The van der Waals surface area contributed by atoms with Crippen molar-refractivity contribution in [2.45, 2.75) is 13.2 Å². The van der Waals surface area contributed by atoms with E-state index in [4.69, 9.17) is 39.2 Å². The quantitative estimate of drug-likeness (QED) is 0.0390. The number of hydrogen-bond acceptors (Lipinski definition) is 14. The van der Waals surface area contributed by atoms with Gasteiger partial charge in [-0.25, -0.2) is 9.59 Å². The smallest absolute Gasteiger partial charge is 0.413 e. The number of nitrogens with one attached hydrogen (secondary N) is 5. The maximum Gasteiger partial charge on any atom is 0.413 e. The molecular weight excluding hydrogens is 722 g/mol. The molecule has 1 heterocycles. The summed E-state index contributed by atoms with van der Waals surface area (Å²) in [6.45, 7) is -0.940. The predicted molar refractivity (Wildman–Crippen MR) is 196 cm³/mol. The topological polar surface area (TPSA) is 263 Å². The Labute approximate surface area is 311 Å². The monoisotopic (exact) mass is 755 g/mol. The zero-order valence-electron chi connectivity index (χ0n) is 29.6. The number of amidine groups is 2. The number of hydrogen-bond donors (Lipinski definition) is 5. The molecule has 5 aromatic rings. The summed E-state index contributed by atoms with van der Waals surface area (Å²) >= 11 is 0. The van der Waals surface area contributed by atoms with Gasteiger partial charge in [-0.1, -0.05) is 36.4 Å². The van der Waals surface area contributed by atoms with Crippen molar-refractivity contribution in [2.75, 3.05) is 28.4 Å². The highest BCUT2D eigenvalue weighted by Gasteiger charge is 2.23. The summed E-state index contributed by atoms with van der Waals surface area (Å²) in [7, 11) is 5.40. The van der Waals surface area contributed by atoms with Gasteiger partial charge in [0.05, 0.1) is 61.5 Å². The van der Waals surface area contributed by atoms with Crippen molar-refractivity contribution in [3.8, 4) is 34.3 Å². The van der Waals surface area contributed by atoms with E-state index in [1.165, 1.54) is 40.6 Å². The van der Waals surface area contributed by atoms with E-state index in [0.29, 0.717) is 22.3 Å². The van der Waals surface area contributed by atoms with Crippen molar-refractivity contribution < 1.29 is 47.9 Å². The van der Waals surface area contributed by atoms with E-state index in [1.54, 1.807) is 42.5 Å². The molecule has 0 radical (unpaired) electrons. The molecule has 5 rings (SSSR count). The molecule has 0 bridgehead atoms. The number of aromatic amines is 1. The van der Waals surface area contributed by atoms with Crippen molar-refractivity contribution in [3.05, 3.63) is 115 Å². The van der Waals surface area contributed by atoms with Crippen LogP contribution < -0.4 is 29.6 Å². The van der Waals surface area contributed by atoms with Gasteiger partial charge in [0, 0.05) is 27.7 Å². The lowest BCUT2D eigenvalue weighted by Gasteiger charge is -2.12. The molecule has 19 heteroatoms. The molecule has 0 atom stereocenters. The number of nitro benzene ring substituents is 2. The molecule has 1 aromatic heterocycles. The summed E-state index contributed by atoms with van der Waals surface area (Å²) in [6, 6.07) is 18.5. The van der Waals surface area contributed by atoms with E-state index in [1.807, 2.05) is 6.07 Å². The van der Waals surface area contributed by atoms with E-state index in [2.05, 4.69) is 15.6 Å². The molecule has 19 nitrogen and oxygen atoms in total. The fraction of sp³-hybridized carbons (Fsp3) is 0.167. The molecule has 0 spiro atoms. The Hall–Kier alpha value is -7.70. The molecule has 0 aliphatic rings. The normalized spacial score (nSPS) is 10.5. The standard InChI is InChI=1S/C36H33N7O12/c1-50-29-13-23(27(42(46)47)15-31(29)52-3)17-54-35(44)40-33(37)20-7-5-19(6-8-20)25-11-21-9-10-22(12-26(21)39-25)34(38)41-36(45)55-18-24-14-30(51-2)32(53-4)16-28(24)43(48)49/h5-16,39H,17-18H2,1-4H3,(H2,37,40,44)(H2,38,41,45). The minimum Gasteiger partial charge on any atom is -0.493 e. The van der Waals surface area contributed by atoms with Crippen LogP contribution in [0.3, 0.4) is 0 Å². The first-order chi connectivity index (χ1) is 26.3. The summed E-state index contributed by atoms with van der Waals surface area (Å²) in [5.74, 6) is 0.156. The Kier molecular flexibility index (Phi) is 11.7. The van der Waals surface area contributed by atoms with Gasteiger partial charge in [-0.2, -0.15) is 0 Å². The number of ether oxygens (including phenoxy) is 6. The van der Waals surface area contributed by atoms with Crippen molar-refractivity contribution >= 4 is 46.1 Å². The number of nitro groups is 2. The number of nitrogens with zero attached hydrogens (tertiary/aromatic N) is 2. The largest absolute Gasteiger partial charge is 0.493 e. The number of amides is 2. The van der Waals surface area contributed by atoms with Crippen LogP contribution in [0.25, 0.3) is 22.2 Å². The fourth-order valence-corrected chi connectivity index (χ4v) is 5.35. The van der Waals surface area contributed by atoms with Crippen LogP contribution in [0, 0.1) is 31.0 Å². The number of carbonyl (C=O) groups is 2. The van der Waals surface area contributed by atoms with Crippen LogP contribution in [0.2, 0.25) is 0 Å². The summed E-state index contributed by atoms with van der Waals surface area (Å²) in [5, 5.41) is 45.2. The van der Waals surface area contributed by atoms with Gasteiger partial charge in [0.15, 0.2) is 23.0 Å². The first-order valence-electron chi connectivity index (χ1n) is 15.9. The van der Waals surface area contributed by atoms with Crippen LogP contribution in [0.15, 0.2) is 72.8 Å². The van der Waals surface area contributed by atoms with Crippen LogP contribution in [0.4, 0.5) is 21.0 Å². The molecule has 2 amide bonds. The molecule has 0 saturated heterocycles. The van der Waals surface area contributed by atoms with E-state index < -0.39 is 35.2 Å². The molecule has 284 valence electrons. The van der Waals surface area contributed by atoms with E-state index in [9.17, 15) is 29.8 Å². The number of methoxy groups -OCH3 is 4. The number of H-pyrrole nitrogens is 1. The third-order valence-corrected chi connectivity index (χ3v) is 8.13. The lowest BCUT2D eigenvalue weighted by molar-refractivity contribution is -0.386. The van der Waals surface area contributed by atoms with Crippen molar-refractivity contribution in [1.29, 1.82) is 10.8 Å². The number of rotatable bonds is 13. The van der Waals surface area contributed by atoms with Gasteiger partial charge in [-0.05, 0) is 29.8 Å². The van der Waals surface area contributed by atoms with Crippen molar-refractivity contribution in [2.24, 2.45) is 0 Å². The number of fused-ring (bicyclic) bond motifs is 1. The SMILES string of the molecule is COc1cc(COC(=O)NC(=N)c2ccc(-c3cc4ccc(C(=N)NC(=O)OCc5cc(OC)c(OC)cc5[N+](=O)[O-])cc4[nH]3)cc2)c([N+](=O)[O-])cc1OC. The minimum atomic E-state index is -1.00. The molecule has 55 heavy (non-hydrogen) atoms. The first kappa shape index (κ1) is 38.5. The number of aromatic nitrogens is 1. The van der Waals surface area contributed by atoms with E-state index >= 15 is 0 Å². The zero-order chi connectivity index (χ0) is 39.8. The van der Waals surface area contributed by atoms with Gasteiger partial charge in [0.1, 0.15) is 24.9 Å². The van der Waals surface area contributed by atoms with Gasteiger partial charge in [-0.3, -0.25) is 41.7 Å². The Bertz CT molecular complexity index is 2320. The molecular formula is C36H33N7O12. The van der Waals surface area contributed by atoms with Crippen LogP contribution >= 0.6 is 0 Å². The van der Waals surface area contributed by atoms with Crippen molar-refractivity contribution in [3.63, 3.8) is 0 Å². The van der Waals surface area contributed by atoms with Crippen LogP contribution in [-0.2, 0) is 22.7 Å². The second kappa shape index (κ2) is 16.8. The molecule has 0 saturated carbocycles. The summed E-state index contributed by atoms with van der Waals surface area (Å²) in [4.78, 5) is 50.1. The number of carbonyl (C=O) groups excluding carboxylic acids is 2. The van der Waals surface area contributed by atoms with E-state index in [-0.39, 0.29) is 57.2 Å². The lowest BCUT2D eigenvalue weighted by Crippen LogP contribution is -2.31. The van der Waals surface area contributed by atoms with Gasteiger partial charge in [0.2, 0.25) is 0 Å². The molecule has 0 fully saturated rings. The molecule has 0 aliphatic carbocycles. The Morgan fingerprint density at radius 3 is 1.53 bits per heavy atom. The Morgan fingerprint density at radius 2 is 1.07 bits per heavy atom. The molecule has 0 aliphatic heterocycles. The Balaban J connectivity index is 1.18. The van der Waals surface area contributed by atoms with Gasteiger partial charge in [-0.15, -0.1) is 0 Å². The van der Waals surface area contributed by atoms with Crippen molar-refractivity contribution in [1.82, 2.24) is 15.6 Å². The predicted octanol–water partition coefficient (Wildman–Crippen LogP) is 6.19. The Morgan fingerprint density at radius 1 is 0.636 bits per heavy atom. The maximum absolute atomic E-state index is 12.5. The highest BCUT2D eigenvalue weighted by Crippen LogP contribution is 2.36. The zero-order valence-corrected chi connectivity index (χ0v) is 29.6. The highest BCUT2D eigenvalue weighted by molar-refractivity contribution is 6.07. The summed E-state index contributed by atoms with van der Waals surface area (Å²) < 4.78 is 30.9. The average Bonchev–Trinajstić information content (AvgIpc) is 3.62. The first-order valence-corrected chi connectivity index (χ1v) is 15.9. The third-order valence-electron chi connectivity index (χ3n) is 8.13. The average molecular weight is 756 g/mol. The van der Waals surface area contributed by atoms with Crippen LogP contribution in [0.5, 0.6) is 23.0 Å². The highest BCUT2D eigenvalue weighted by atomic mass is 16.6. The number of alkyl carbamates (subject to hydrolysis) is 2. The van der Waals surface area contributed by atoms with Gasteiger partial charge >= 0.3 is 12.2 Å². The van der Waals surface area contributed by atoms with Crippen LogP contribution in [0.1, 0.15) is 22.3 Å². The van der Waals surface area contributed by atoms with Gasteiger partial charge in [0.25, 0.3) is 11.4 Å². The van der Waals surface area contributed by atoms with Gasteiger partial charge < -0.3 is 33.4 Å². The second-order valence-electron chi connectivity index (χ2n) is 11.4. The molecule has 0 unspecified atom stereocenters. The fourth-order valence-electron chi connectivity index (χ4n) is 5.35. The molecule has 5 N–H and O–H groups in total. The summed E-state index contributed by atoms with van der Waals surface area (Å²) in [5.41, 5.74) is 2.23. The molecule has 4 aromatic carbocycles. The third kappa shape index (κ3) is 8.85. The summed E-state index contributed by atoms with van der Waals surface area (Å²) in [6.07, 6.45) is -2.00. The van der Waals surface area contributed by atoms with E-state index in [0.717, 1.165) is 23.1 Å². The number of benzene rings is 4. The van der Waals surface area contributed by atoms with Crippen LogP contribution in [-0.4, -0.2) is 67.1 Å². The minimum absolute atomic E-state index is 0.0609. The lowest BCUT2D eigenvalue weighted by atomic mass is 10.1. The second-order valence-corrected chi connectivity index (χ2v) is 11.4.